The van der Waals surface area contributed by atoms with E-state index in [1.807, 2.05) is 55.5 Å². The molecule has 2 N–H and O–H groups in total. The lowest BCUT2D eigenvalue weighted by atomic mass is 10.1. The van der Waals surface area contributed by atoms with E-state index in [0.717, 1.165) is 17.0 Å². The fourth-order valence-electron chi connectivity index (χ4n) is 3.77. The zero-order valence-corrected chi connectivity index (χ0v) is 20.9. The minimum absolute atomic E-state index is 0.0691. The van der Waals surface area contributed by atoms with Crippen LogP contribution in [-0.2, 0) is 30.8 Å². The fraction of sp³-hybridized carbons (Fsp3) is 0.259. The predicted molar refractivity (Wildman–Crippen MR) is 139 cm³/mol. The molecule has 0 radical (unpaired) electrons. The number of alkyl halides is 1. The van der Waals surface area contributed by atoms with Crippen LogP contribution in [0.5, 0.6) is 0 Å². The number of hydrogen-bond donors (Lipinski definition) is 2. The summed E-state index contributed by atoms with van der Waals surface area (Å²) in [6, 6.07) is 17.6. The first-order valence-electron chi connectivity index (χ1n) is 12.1. The van der Waals surface area contributed by atoms with Crippen molar-refractivity contribution < 1.29 is 14.0 Å². The lowest BCUT2D eigenvalue weighted by molar-refractivity contribution is -0.115. The van der Waals surface area contributed by atoms with Crippen molar-refractivity contribution >= 4 is 17.5 Å². The summed E-state index contributed by atoms with van der Waals surface area (Å²) in [6.45, 7) is 2.16. The van der Waals surface area contributed by atoms with Gasteiger partial charge in [-0.3, -0.25) is 24.0 Å². The van der Waals surface area contributed by atoms with Gasteiger partial charge in [0, 0.05) is 30.2 Å². The Hall–Kier alpha value is -4.67. The summed E-state index contributed by atoms with van der Waals surface area (Å²) in [5.41, 5.74) is 2.49. The highest BCUT2D eigenvalue weighted by Crippen LogP contribution is 2.08. The summed E-state index contributed by atoms with van der Waals surface area (Å²) in [5.74, 6) is -0.650. The molecule has 4 aromatic rings. The van der Waals surface area contributed by atoms with E-state index in [2.05, 4.69) is 25.9 Å². The van der Waals surface area contributed by atoms with Gasteiger partial charge in [-0.05, 0) is 37.1 Å². The van der Waals surface area contributed by atoms with Crippen molar-refractivity contribution in [3.8, 4) is 0 Å². The van der Waals surface area contributed by atoms with Crippen LogP contribution in [0.1, 0.15) is 33.9 Å². The zero-order valence-electron chi connectivity index (χ0n) is 20.9. The number of amides is 2. The van der Waals surface area contributed by atoms with E-state index in [-0.39, 0.29) is 44.1 Å². The van der Waals surface area contributed by atoms with E-state index in [0.29, 0.717) is 5.69 Å². The first-order chi connectivity index (χ1) is 18.4. The normalized spacial score (nSPS) is 11.6. The maximum absolute atomic E-state index is 14.6. The van der Waals surface area contributed by atoms with Crippen LogP contribution < -0.4 is 16.2 Å². The molecule has 2 amide bonds. The van der Waals surface area contributed by atoms with E-state index in [1.54, 1.807) is 6.07 Å². The molecule has 196 valence electrons. The third-order valence-electron chi connectivity index (χ3n) is 5.70. The van der Waals surface area contributed by atoms with Gasteiger partial charge in [-0.15, -0.1) is 5.10 Å². The summed E-state index contributed by atoms with van der Waals surface area (Å²) in [6.07, 6.45) is 1.82. The van der Waals surface area contributed by atoms with Gasteiger partial charge in [0.1, 0.15) is 6.17 Å². The maximum atomic E-state index is 14.6. The highest BCUT2D eigenvalue weighted by Gasteiger charge is 2.14. The van der Waals surface area contributed by atoms with Crippen molar-refractivity contribution in [1.29, 1.82) is 0 Å². The van der Waals surface area contributed by atoms with Crippen molar-refractivity contribution in [2.24, 2.45) is 0 Å². The molecule has 3 heterocycles. The van der Waals surface area contributed by atoms with Crippen molar-refractivity contribution in [2.75, 3.05) is 5.32 Å². The van der Waals surface area contributed by atoms with Crippen molar-refractivity contribution in [3.05, 3.63) is 106 Å². The van der Waals surface area contributed by atoms with Crippen LogP contribution in [0.3, 0.4) is 0 Å². The second-order valence-corrected chi connectivity index (χ2v) is 8.82. The summed E-state index contributed by atoms with van der Waals surface area (Å²) < 4.78 is 17.3. The molecule has 0 saturated carbocycles. The number of nitrogens with one attached hydrogen (secondary N) is 2. The summed E-state index contributed by atoms with van der Waals surface area (Å²) in [4.78, 5) is 41.3. The molecule has 1 aromatic carbocycles. The van der Waals surface area contributed by atoms with Crippen molar-refractivity contribution in [2.45, 2.75) is 45.6 Å². The predicted octanol–water partition coefficient (Wildman–Crippen LogP) is 2.68. The molecule has 0 aliphatic rings. The van der Waals surface area contributed by atoms with E-state index >= 15 is 0 Å². The molecule has 11 heteroatoms. The minimum Gasteiger partial charge on any atom is -0.345 e. The highest BCUT2D eigenvalue weighted by molar-refractivity contribution is 5.92. The van der Waals surface area contributed by atoms with Crippen LogP contribution in [0.2, 0.25) is 0 Å². The Labute approximate surface area is 218 Å². The van der Waals surface area contributed by atoms with Crippen LogP contribution in [0.25, 0.3) is 0 Å². The first kappa shape index (κ1) is 26.4. The average Bonchev–Trinajstić information content (AvgIpc) is 3.38. The summed E-state index contributed by atoms with van der Waals surface area (Å²) >= 11 is 0. The molecule has 0 fully saturated rings. The van der Waals surface area contributed by atoms with Gasteiger partial charge >= 0.3 is 0 Å². The van der Waals surface area contributed by atoms with Crippen LogP contribution in [0.4, 0.5) is 10.1 Å². The molecule has 4 rings (SSSR count). The number of benzene rings is 1. The molecule has 1 atom stereocenters. The Morgan fingerprint density at radius 3 is 2.66 bits per heavy atom. The molecule has 10 nitrogen and oxygen atoms in total. The topological polar surface area (TPSA) is 124 Å². The Kier molecular flexibility index (Phi) is 8.70. The Morgan fingerprint density at radius 2 is 1.89 bits per heavy atom. The average molecular weight is 518 g/mol. The van der Waals surface area contributed by atoms with Gasteiger partial charge in [0.25, 0.3) is 11.5 Å². The van der Waals surface area contributed by atoms with Crippen LogP contribution in [0.15, 0.2) is 77.9 Å². The van der Waals surface area contributed by atoms with Crippen LogP contribution >= 0.6 is 0 Å². The van der Waals surface area contributed by atoms with Gasteiger partial charge in [0.15, 0.2) is 5.69 Å². The van der Waals surface area contributed by atoms with E-state index in [1.165, 1.54) is 27.7 Å². The first-order valence-corrected chi connectivity index (χ1v) is 12.1. The van der Waals surface area contributed by atoms with Gasteiger partial charge in [-0.1, -0.05) is 41.6 Å². The largest absolute Gasteiger partial charge is 0.345 e. The van der Waals surface area contributed by atoms with Crippen molar-refractivity contribution in [1.82, 2.24) is 29.9 Å². The lowest BCUT2D eigenvalue weighted by Crippen LogP contribution is -2.25. The number of aromatic nitrogens is 5. The maximum Gasteiger partial charge on any atom is 0.273 e. The number of halogens is 1. The van der Waals surface area contributed by atoms with E-state index in [4.69, 9.17) is 0 Å². The summed E-state index contributed by atoms with van der Waals surface area (Å²) in [5, 5.41) is 13.2. The van der Waals surface area contributed by atoms with Crippen LogP contribution in [-0.4, -0.2) is 42.5 Å². The zero-order chi connectivity index (χ0) is 26.9. The quantitative estimate of drug-likeness (QED) is 0.315. The van der Waals surface area contributed by atoms with E-state index < -0.39 is 17.6 Å². The van der Waals surface area contributed by atoms with Gasteiger partial charge in [-0.25, -0.2) is 4.39 Å². The Morgan fingerprint density at radius 1 is 1.08 bits per heavy atom. The lowest BCUT2D eigenvalue weighted by Gasteiger charge is -2.12. The number of pyridine rings is 2. The van der Waals surface area contributed by atoms with Gasteiger partial charge in [0.2, 0.25) is 5.91 Å². The molecular formula is C27H28FN7O3. The number of carbonyl (C=O) groups is 2. The van der Waals surface area contributed by atoms with Crippen molar-refractivity contribution in [3.63, 3.8) is 0 Å². The Bertz CT molecular complexity index is 1450. The van der Waals surface area contributed by atoms with Gasteiger partial charge in [0.05, 0.1) is 31.4 Å². The molecule has 0 aliphatic heterocycles. The molecule has 0 spiro atoms. The number of anilines is 1. The number of hydrogen-bond acceptors (Lipinski definition) is 6. The number of aryl methyl sites for hydroxylation is 2. The molecule has 0 bridgehead atoms. The second-order valence-electron chi connectivity index (χ2n) is 8.82. The molecule has 0 saturated heterocycles. The van der Waals surface area contributed by atoms with E-state index in [9.17, 15) is 18.8 Å². The molecular weight excluding hydrogens is 489 g/mol. The minimum atomic E-state index is -1.33. The highest BCUT2D eigenvalue weighted by atomic mass is 19.1. The number of nitrogens with zero attached hydrogens (tertiary/aromatic N) is 5. The molecule has 0 aliphatic carbocycles. The molecule has 1 unspecified atom stereocenters. The third kappa shape index (κ3) is 7.66. The summed E-state index contributed by atoms with van der Waals surface area (Å²) in [7, 11) is 0. The molecule has 3 aromatic heterocycles. The smallest absolute Gasteiger partial charge is 0.273 e. The Balaban J connectivity index is 1.23. The number of carbonyl (C=O) groups excluding carboxylic acids is 2. The monoisotopic (exact) mass is 517 g/mol. The number of rotatable bonds is 11. The fourth-order valence-corrected chi connectivity index (χ4v) is 3.77. The standard InChI is InChI=1S/C27H28FN7O3/c1-19-6-5-9-23(30-19)16-29-27(38)24-18-35(33-32-24)13-10-21(28)17-34-12-11-22(15-26(34)37)31-25(36)14-20-7-3-2-4-8-20/h2-9,11-12,15,18,21H,10,13-14,16-17H2,1H3,(H,29,38)(H,31,36). The SMILES string of the molecule is Cc1cccc(CNC(=O)c2cn(CCC(F)Cn3ccc(NC(=O)Cc4ccccc4)cc3=O)nn2)n1. The van der Waals surface area contributed by atoms with Gasteiger partial charge < -0.3 is 15.2 Å². The van der Waals surface area contributed by atoms with Crippen LogP contribution in [0, 0.1) is 6.92 Å². The van der Waals surface area contributed by atoms with Gasteiger partial charge in [-0.2, -0.15) is 0 Å². The third-order valence-corrected chi connectivity index (χ3v) is 5.70. The second kappa shape index (κ2) is 12.5. The molecule has 38 heavy (non-hydrogen) atoms.